The van der Waals surface area contributed by atoms with Gasteiger partial charge in [0.05, 0.1) is 11.6 Å². The maximum Gasteiger partial charge on any atom is 0.129 e. The van der Waals surface area contributed by atoms with E-state index in [9.17, 15) is 5.11 Å². The van der Waals surface area contributed by atoms with E-state index in [-0.39, 0.29) is 6.61 Å². The van der Waals surface area contributed by atoms with Gasteiger partial charge in [0.1, 0.15) is 5.82 Å². The fraction of sp³-hybridized carbons (Fsp3) is 0.150. The minimum absolute atomic E-state index is 0.0983. The topological polar surface area (TPSA) is 36.4 Å². The molecule has 3 nitrogen and oxygen atoms in total. The largest absolute Gasteiger partial charge is 0.392 e. The fourth-order valence-electron chi connectivity index (χ4n) is 2.59. The monoisotopic (exact) mass is 338 g/mol. The molecule has 4 heteroatoms. The summed E-state index contributed by atoms with van der Waals surface area (Å²) in [7, 11) is 0. The molecule has 0 radical (unpaired) electrons. The van der Waals surface area contributed by atoms with Crippen LogP contribution in [-0.4, -0.2) is 10.1 Å². The normalized spacial score (nSPS) is 10.6. The number of anilines is 1. The third-order valence-electron chi connectivity index (χ3n) is 3.85. The van der Waals surface area contributed by atoms with Crippen molar-refractivity contribution in [1.29, 1.82) is 0 Å². The molecular formula is C20H19ClN2O. The van der Waals surface area contributed by atoms with E-state index in [1.54, 1.807) is 6.20 Å². The van der Waals surface area contributed by atoms with Gasteiger partial charge < -0.3 is 10.0 Å². The second-order valence-corrected chi connectivity index (χ2v) is 6.03. The molecule has 1 aromatic heterocycles. The molecule has 3 aromatic rings. The van der Waals surface area contributed by atoms with Gasteiger partial charge in [-0.15, -0.1) is 0 Å². The van der Waals surface area contributed by atoms with E-state index in [4.69, 9.17) is 11.6 Å². The number of rotatable bonds is 6. The summed E-state index contributed by atoms with van der Waals surface area (Å²) in [6, 6.07) is 22.4. The van der Waals surface area contributed by atoms with Gasteiger partial charge in [0.2, 0.25) is 0 Å². The second-order valence-electron chi connectivity index (χ2n) is 5.62. The number of aromatic nitrogens is 1. The first-order valence-corrected chi connectivity index (χ1v) is 8.22. The van der Waals surface area contributed by atoms with E-state index >= 15 is 0 Å². The molecule has 3 rings (SSSR count). The van der Waals surface area contributed by atoms with Crippen molar-refractivity contribution in [3.63, 3.8) is 0 Å². The van der Waals surface area contributed by atoms with Gasteiger partial charge in [-0.2, -0.15) is 0 Å². The molecule has 0 aliphatic rings. The fourth-order valence-corrected chi connectivity index (χ4v) is 2.75. The minimum atomic E-state index is -0.0983. The zero-order chi connectivity index (χ0) is 16.8. The minimum Gasteiger partial charge on any atom is -0.392 e. The standard InChI is InChI=1S/C20H19ClN2O/c21-19-12-22-20(11-18(19)15-24)23(13-16-7-3-1-4-8-16)14-17-9-5-2-6-10-17/h1-12,24H,13-15H2. The average molecular weight is 339 g/mol. The molecule has 0 saturated heterocycles. The van der Waals surface area contributed by atoms with E-state index in [0.29, 0.717) is 10.6 Å². The molecule has 0 bridgehead atoms. The Morgan fingerprint density at radius 2 is 1.42 bits per heavy atom. The van der Waals surface area contributed by atoms with Gasteiger partial charge in [0.25, 0.3) is 0 Å². The average Bonchev–Trinajstić information content (AvgIpc) is 2.63. The molecule has 24 heavy (non-hydrogen) atoms. The lowest BCUT2D eigenvalue weighted by atomic mass is 10.1. The van der Waals surface area contributed by atoms with Gasteiger partial charge in [-0.05, 0) is 17.2 Å². The summed E-state index contributed by atoms with van der Waals surface area (Å²) in [6.07, 6.45) is 1.60. The molecule has 0 saturated carbocycles. The van der Waals surface area contributed by atoms with E-state index in [1.807, 2.05) is 42.5 Å². The van der Waals surface area contributed by atoms with E-state index < -0.39 is 0 Å². The first-order valence-electron chi connectivity index (χ1n) is 7.84. The predicted molar refractivity (Wildman–Crippen MR) is 97.9 cm³/mol. The van der Waals surface area contributed by atoms with Crippen LogP contribution in [0.15, 0.2) is 72.9 Å². The Kier molecular flexibility index (Phi) is 5.47. The lowest BCUT2D eigenvalue weighted by molar-refractivity contribution is 0.282. The first kappa shape index (κ1) is 16.5. The molecule has 0 unspecified atom stereocenters. The number of pyridine rings is 1. The van der Waals surface area contributed by atoms with E-state index in [0.717, 1.165) is 18.9 Å². The summed E-state index contributed by atoms with van der Waals surface area (Å²) in [4.78, 5) is 6.64. The number of benzene rings is 2. The van der Waals surface area contributed by atoms with Crippen LogP contribution >= 0.6 is 11.6 Å². The van der Waals surface area contributed by atoms with Crippen LogP contribution in [0.2, 0.25) is 5.02 Å². The van der Waals surface area contributed by atoms with Gasteiger partial charge >= 0.3 is 0 Å². The van der Waals surface area contributed by atoms with Crippen LogP contribution in [0.3, 0.4) is 0 Å². The second kappa shape index (κ2) is 7.95. The quantitative estimate of drug-likeness (QED) is 0.722. The van der Waals surface area contributed by atoms with Gasteiger partial charge in [0, 0.05) is 24.8 Å². The molecule has 1 N–H and O–H groups in total. The zero-order valence-electron chi connectivity index (χ0n) is 13.3. The van der Waals surface area contributed by atoms with Crippen LogP contribution in [0, 0.1) is 0 Å². The van der Waals surface area contributed by atoms with Crippen molar-refractivity contribution < 1.29 is 5.11 Å². The van der Waals surface area contributed by atoms with E-state index in [2.05, 4.69) is 34.1 Å². The van der Waals surface area contributed by atoms with Crippen molar-refractivity contribution in [3.8, 4) is 0 Å². The molecule has 122 valence electrons. The third kappa shape index (κ3) is 4.13. The summed E-state index contributed by atoms with van der Waals surface area (Å²) in [5.41, 5.74) is 3.10. The lowest BCUT2D eigenvalue weighted by Gasteiger charge is -2.25. The van der Waals surface area contributed by atoms with Crippen LogP contribution in [0.1, 0.15) is 16.7 Å². The van der Waals surface area contributed by atoms with Gasteiger partial charge in [0.15, 0.2) is 0 Å². The lowest BCUT2D eigenvalue weighted by Crippen LogP contribution is -2.23. The van der Waals surface area contributed by atoms with Crippen LogP contribution in [0.25, 0.3) is 0 Å². The zero-order valence-corrected chi connectivity index (χ0v) is 14.0. The van der Waals surface area contributed by atoms with Crippen molar-refractivity contribution in [2.75, 3.05) is 4.90 Å². The highest BCUT2D eigenvalue weighted by atomic mass is 35.5. The van der Waals surface area contributed by atoms with E-state index in [1.165, 1.54) is 11.1 Å². The number of aliphatic hydroxyl groups is 1. The smallest absolute Gasteiger partial charge is 0.129 e. The number of aliphatic hydroxyl groups excluding tert-OH is 1. The molecular weight excluding hydrogens is 320 g/mol. The predicted octanol–water partition coefficient (Wildman–Crippen LogP) is 4.43. The summed E-state index contributed by atoms with van der Waals surface area (Å²) in [5, 5.41) is 9.96. The van der Waals surface area contributed by atoms with Crippen LogP contribution in [-0.2, 0) is 19.7 Å². The molecule has 0 amide bonds. The Balaban J connectivity index is 1.91. The van der Waals surface area contributed by atoms with Crippen molar-refractivity contribution in [1.82, 2.24) is 4.98 Å². The highest BCUT2D eigenvalue weighted by Gasteiger charge is 2.12. The Bertz CT molecular complexity index is 737. The van der Waals surface area contributed by atoms with Crippen molar-refractivity contribution in [3.05, 3.63) is 94.6 Å². The molecule has 0 atom stereocenters. The Morgan fingerprint density at radius 3 is 1.92 bits per heavy atom. The number of halogens is 1. The highest BCUT2D eigenvalue weighted by Crippen LogP contribution is 2.23. The molecule has 0 spiro atoms. The summed E-state index contributed by atoms with van der Waals surface area (Å²) < 4.78 is 0. The maximum absolute atomic E-state index is 9.47. The number of hydrogen-bond acceptors (Lipinski definition) is 3. The van der Waals surface area contributed by atoms with Gasteiger partial charge in [-0.25, -0.2) is 4.98 Å². The molecule has 0 fully saturated rings. The number of hydrogen-bond donors (Lipinski definition) is 1. The Morgan fingerprint density at radius 1 is 0.875 bits per heavy atom. The summed E-state index contributed by atoms with van der Waals surface area (Å²) in [5.74, 6) is 0.802. The third-order valence-corrected chi connectivity index (χ3v) is 4.19. The Hall–Kier alpha value is -2.36. The first-order chi connectivity index (χ1) is 11.8. The highest BCUT2D eigenvalue weighted by molar-refractivity contribution is 6.31. The van der Waals surface area contributed by atoms with Crippen molar-refractivity contribution >= 4 is 17.4 Å². The van der Waals surface area contributed by atoms with Crippen molar-refractivity contribution in [2.45, 2.75) is 19.7 Å². The molecule has 0 aliphatic heterocycles. The molecule has 2 aromatic carbocycles. The summed E-state index contributed by atoms with van der Waals surface area (Å²) in [6.45, 7) is 1.36. The van der Waals surface area contributed by atoms with Crippen LogP contribution in [0.4, 0.5) is 5.82 Å². The molecule has 1 heterocycles. The SMILES string of the molecule is OCc1cc(N(Cc2ccccc2)Cc2ccccc2)ncc1Cl. The van der Waals surface area contributed by atoms with Crippen LogP contribution < -0.4 is 4.90 Å². The number of nitrogens with zero attached hydrogens (tertiary/aromatic N) is 2. The maximum atomic E-state index is 9.47. The van der Waals surface area contributed by atoms with Crippen molar-refractivity contribution in [2.24, 2.45) is 0 Å². The molecule has 0 aliphatic carbocycles. The van der Waals surface area contributed by atoms with Crippen LogP contribution in [0.5, 0.6) is 0 Å². The van der Waals surface area contributed by atoms with Gasteiger partial charge in [-0.3, -0.25) is 0 Å². The Labute approximate surface area is 147 Å². The summed E-state index contributed by atoms with van der Waals surface area (Å²) >= 11 is 6.08. The van der Waals surface area contributed by atoms with Gasteiger partial charge in [-0.1, -0.05) is 72.3 Å².